The summed E-state index contributed by atoms with van der Waals surface area (Å²) < 4.78 is 5.76. The summed E-state index contributed by atoms with van der Waals surface area (Å²) in [6, 6.07) is 0. The van der Waals surface area contributed by atoms with E-state index in [2.05, 4.69) is 17.2 Å². The standard InChI is InChI=1S/C15H25N3O2S/c1-6-7-17-14(19)13-11(16)12(20-10(4)5)15(21-13)18-8-9(2)3/h10,18H,2,6-8,16H2,1,3-5H3,(H,17,19). The molecule has 0 radical (unpaired) electrons. The molecular weight excluding hydrogens is 286 g/mol. The summed E-state index contributed by atoms with van der Waals surface area (Å²) >= 11 is 1.31. The summed E-state index contributed by atoms with van der Waals surface area (Å²) in [5.74, 6) is 0.397. The largest absolute Gasteiger partial charge is 0.486 e. The van der Waals surface area contributed by atoms with Crippen molar-refractivity contribution in [2.24, 2.45) is 0 Å². The van der Waals surface area contributed by atoms with Gasteiger partial charge in [0.05, 0.1) is 6.10 Å². The SMILES string of the molecule is C=C(C)CNc1sc(C(=O)NCCC)c(N)c1OC(C)C. The highest BCUT2D eigenvalue weighted by Gasteiger charge is 2.22. The van der Waals surface area contributed by atoms with E-state index in [0.29, 0.717) is 29.4 Å². The molecule has 0 bridgehead atoms. The zero-order valence-corrected chi connectivity index (χ0v) is 14.0. The van der Waals surface area contributed by atoms with Crippen LogP contribution in [0, 0.1) is 0 Å². The van der Waals surface area contributed by atoms with Crippen LogP contribution < -0.4 is 21.1 Å². The van der Waals surface area contributed by atoms with E-state index < -0.39 is 0 Å². The number of nitrogens with one attached hydrogen (secondary N) is 2. The minimum Gasteiger partial charge on any atom is -0.486 e. The minimum atomic E-state index is -0.156. The molecule has 0 saturated heterocycles. The molecule has 6 heteroatoms. The average Bonchev–Trinajstić information content (AvgIpc) is 2.70. The molecule has 0 unspecified atom stereocenters. The molecule has 0 spiro atoms. The molecule has 5 nitrogen and oxygen atoms in total. The maximum absolute atomic E-state index is 12.1. The fraction of sp³-hybridized carbons (Fsp3) is 0.533. The number of carbonyl (C=O) groups excluding carboxylic acids is 1. The lowest BCUT2D eigenvalue weighted by molar-refractivity contribution is 0.0958. The molecule has 1 rings (SSSR count). The van der Waals surface area contributed by atoms with Crippen LogP contribution in [-0.4, -0.2) is 25.1 Å². The number of anilines is 2. The second-order valence-corrected chi connectivity index (χ2v) is 6.26. The number of hydrogen-bond donors (Lipinski definition) is 3. The normalized spacial score (nSPS) is 10.5. The zero-order valence-electron chi connectivity index (χ0n) is 13.2. The highest BCUT2D eigenvalue weighted by molar-refractivity contribution is 7.19. The zero-order chi connectivity index (χ0) is 16.0. The number of nitrogens with two attached hydrogens (primary N) is 1. The summed E-state index contributed by atoms with van der Waals surface area (Å²) in [5, 5.41) is 6.83. The van der Waals surface area contributed by atoms with Gasteiger partial charge in [-0.05, 0) is 27.2 Å². The van der Waals surface area contributed by atoms with Crippen molar-refractivity contribution in [1.29, 1.82) is 0 Å². The molecule has 0 fully saturated rings. The van der Waals surface area contributed by atoms with Gasteiger partial charge in [0.15, 0.2) is 5.75 Å². The molecule has 0 aromatic carbocycles. The van der Waals surface area contributed by atoms with E-state index in [1.807, 2.05) is 27.7 Å². The number of rotatable bonds is 8. The highest BCUT2D eigenvalue weighted by Crippen LogP contribution is 2.43. The number of carbonyl (C=O) groups is 1. The Morgan fingerprint density at radius 2 is 2.14 bits per heavy atom. The third-order valence-corrected chi connectivity index (χ3v) is 3.69. The van der Waals surface area contributed by atoms with Crippen molar-refractivity contribution in [3.63, 3.8) is 0 Å². The molecule has 4 N–H and O–H groups in total. The summed E-state index contributed by atoms with van der Waals surface area (Å²) in [6.07, 6.45) is 0.867. The van der Waals surface area contributed by atoms with Crippen LogP contribution in [0.15, 0.2) is 12.2 Å². The Hall–Kier alpha value is -1.69. The van der Waals surface area contributed by atoms with Crippen LogP contribution in [0.2, 0.25) is 0 Å². The molecule has 1 aromatic heterocycles. The monoisotopic (exact) mass is 311 g/mol. The number of thiophene rings is 1. The topological polar surface area (TPSA) is 76.4 Å². The highest BCUT2D eigenvalue weighted by atomic mass is 32.1. The van der Waals surface area contributed by atoms with Crippen LogP contribution >= 0.6 is 11.3 Å². The molecule has 21 heavy (non-hydrogen) atoms. The summed E-state index contributed by atoms with van der Waals surface area (Å²) in [5.41, 5.74) is 7.48. The summed E-state index contributed by atoms with van der Waals surface area (Å²) in [6.45, 7) is 12.9. The molecule has 1 aromatic rings. The number of amides is 1. The van der Waals surface area contributed by atoms with E-state index in [-0.39, 0.29) is 12.0 Å². The maximum atomic E-state index is 12.1. The van der Waals surface area contributed by atoms with E-state index >= 15 is 0 Å². The second-order valence-electron chi connectivity index (χ2n) is 5.24. The van der Waals surface area contributed by atoms with Crippen molar-refractivity contribution in [2.45, 2.75) is 40.2 Å². The number of hydrogen-bond acceptors (Lipinski definition) is 5. The van der Waals surface area contributed by atoms with Crippen molar-refractivity contribution in [1.82, 2.24) is 5.32 Å². The van der Waals surface area contributed by atoms with Gasteiger partial charge in [-0.1, -0.05) is 19.1 Å². The predicted molar refractivity (Wildman–Crippen MR) is 90.4 cm³/mol. The maximum Gasteiger partial charge on any atom is 0.263 e. The van der Waals surface area contributed by atoms with E-state index in [9.17, 15) is 4.79 Å². The molecule has 0 aliphatic rings. The smallest absolute Gasteiger partial charge is 0.263 e. The van der Waals surface area contributed by atoms with Crippen LogP contribution in [0.4, 0.5) is 10.7 Å². The number of ether oxygens (including phenoxy) is 1. The Labute approximate surface area is 130 Å². The molecule has 0 atom stereocenters. The first-order chi connectivity index (χ1) is 9.86. The fourth-order valence-electron chi connectivity index (χ4n) is 1.62. The van der Waals surface area contributed by atoms with Gasteiger partial charge in [-0.2, -0.15) is 0 Å². The van der Waals surface area contributed by atoms with Crippen LogP contribution in [0.1, 0.15) is 43.8 Å². The first-order valence-corrected chi connectivity index (χ1v) is 7.93. The van der Waals surface area contributed by atoms with Gasteiger partial charge in [-0.3, -0.25) is 4.79 Å². The van der Waals surface area contributed by atoms with Gasteiger partial charge in [0, 0.05) is 13.1 Å². The Morgan fingerprint density at radius 3 is 2.67 bits per heavy atom. The van der Waals surface area contributed by atoms with Crippen molar-refractivity contribution >= 4 is 27.9 Å². The molecule has 0 aliphatic carbocycles. The predicted octanol–water partition coefficient (Wildman–Crippen LogP) is 3.25. The Bertz CT molecular complexity index is 509. The van der Waals surface area contributed by atoms with Crippen LogP contribution in [0.3, 0.4) is 0 Å². The summed E-state index contributed by atoms with van der Waals surface area (Å²) in [4.78, 5) is 12.6. The van der Waals surface area contributed by atoms with Crippen LogP contribution in [0.25, 0.3) is 0 Å². The van der Waals surface area contributed by atoms with Gasteiger partial charge in [0.1, 0.15) is 15.6 Å². The number of nitrogen functional groups attached to an aromatic ring is 1. The Morgan fingerprint density at radius 1 is 1.48 bits per heavy atom. The second kappa shape index (κ2) is 7.93. The van der Waals surface area contributed by atoms with Crippen LogP contribution in [-0.2, 0) is 0 Å². The average molecular weight is 311 g/mol. The first-order valence-electron chi connectivity index (χ1n) is 7.12. The molecule has 1 amide bonds. The molecule has 1 heterocycles. The molecule has 0 saturated carbocycles. The van der Waals surface area contributed by atoms with Gasteiger partial charge in [0.2, 0.25) is 0 Å². The molecule has 118 valence electrons. The van der Waals surface area contributed by atoms with E-state index in [0.717, 1.165) is 17.0 Å². The third-order valence-electron chi connectivity index (χ3n) is 2.55. The minimum absolute atomic E-state index is 0.0150. The molecule has 0 aliphatic heterocycles. The van der Waals surface area contributed by atoms with Gasteiger partial charge in [-0.25, -0.2) is 0 Å². The van der Waals surface area contributed by atoms with Crippen LogP contribution in [0.5, 0.6) is 5.75 Å². The van der Waals surface area contributed by atoms with Crippen molar-refractivity contribution in [2.75, 3.05) is 24.1 Å². The van der Waals surface area contributed by atoms with E-state index in [1.165, 1.54) is 11.3 Å². The van der Waals surface area contributed by atoms with Crippen molar-refractivity contribution in [3.8, 4) is 5.75 Å². The van der Waals surface area contributed by atoms with Gasteiger partial charge < -0.3 is 21.1 Å². The lowest BCUT2D eigenvalue weighted by Crippen LogP contribution is -2.23. The van der Waals surface area contributed by atoms with Crippen molar-refractivity contribution < 1.29 is 9.53 Å². The Balaban J connectivity index is 3.04. The van der Waals surface area contributed by atoms with Gasteiger partial charge >= 0.3 is 0 Å². The van der Waals surface area contributed by atoms with Crippen molar-refractivity contribution in [3.05, 3.63) is 17.0 Å². The quantitative estimate of drug-likeness (QED) is 0.644. The molecular formula is C15H25N3O2S. The van der Waals surface area contributed by atoms with E-state index in [1.54, 1.807) is 0 Å². The lowest BCUT2D eigenvalue weighted by atomic mass is 10.3. The van der Waals surface area contributed by atoms with Gasteiger partial charge in [-0.15, -0.1) is 11.3 Å². The first kappa shape index (κ1) is 17.4. The third kappa shape index (κ3) is 4.97. The van der Waals surface area contributed by atoms with E-state index in [4.69, 9.17) is 10.5 Å². The van der Waals surface area contributed by atoms with Gasteiger partial charge in [0.25, 0.3) is 5.91 Å². The Kier molecular flexibility index (Phi) is 6.55. The fourth-order valence-corrected chi connectivity index (χ4v) is 2.58. The lowest BCUT2D eigenvalue weighted by Gasteiger charge is -2.12. The summed E-state index contributed by atoms with van der Waals surface area (Å²) in [7, 11) is 0.